The maximum atomic E-state index is 13.7. The number of ether oxygens (including phenoxy) is 2. The molecule has 2 aromatic carbocycles. The summed E-state index contributed by atoms with van der Waals surface area (Å²) < 4.78 is 12.9. The molecule has 2 N–H and O–H groups in total. The van der Waals surface area contributed by atoms with Crippen molar-refractivity contribution in [1.29, 1.82) is 5.26 Å². The average molecular weight is 399 g/mol. The van der Waals surface area contributed by atoms with Crippen molar-refractivity contribution in [2.24, 2.45) is 5.73 Å². The summed E-state index contributed by atoms with van der Waals surface area (Å²) in [6.45, 7) is 2.27. The van der Waals surface area contributed by atoms with Gasteiger partial charge in [-0.1, -0.05) is 48.5 Å². The summed E-state index contributed by atoms with van der Waals surface area (Å²) in [4.78, 5) is 13.7. The number of aryl methyl sites for hydroxylation is 1. The van der Waals surface area contributed by atoms with Gasteiger partial charge in [0.25, 0.3) is 5.56 Å². The lowest BCUT2D eigenvalue weighted by atomic mass is 9.83. The number of benzene rings is 2. The molecule has 0 bridgehead atoms. The smallest absolute Gasteiger partial charge is 0.259 e. The van der Waals surface area contributed by atoms with Gasteiger partial charge in [-0.05, 0) is 18.6 Å². The number of nitriles is 1. The third kappa shape index (κ3) is 3.20. The Hall–Kier alpha value is -3.98. The zero-order chi connectivity index (χ0) is 21.3. The molecule has 0 amide bonds. The number of fused-ring (bicyclic) bond motifs is 1. The Morgan fingerprint density at radius 2 is 1.87 bits per heavy atom. The summed E-state index contributed by atoms with van der Waals surface area (Å²) in [6.07, 6.45) is 0. The number of pyridine rings is 1. The third-order valence-electron chi connectivity index (χ3n) is 5.32. The first-order valence-corrected chi connectivity index (χ1v) is 9.54. The summed E-state index contributed by atoms with van der Waals surface area (Å²) in [5.74, 6) is 0.269. The van der Waals surface area contributed by atoms with Gasteiger partial charge in [0, 0.05) is 17.3 Å². The molecule has 6 heteroatoms. The maximum absolute atomic E-state index is 13.7. The second kappa shape index (κ2) is 7.80. The van der Waals surface area contributed by atoms with Crippen molar-refractivity contribution in [2.45, 2.75) is 19.4 Å². The molecule has 0 spiro atoms. The Labute approximate surface area is 174 Å². The maximum Gasteiger partial charge on any atom is 0.259 e. The van der Waals surface area contributed by atoms with E-state index in [1.165, 1.54) is 0 Å². The van der Waals surface area contributed by atoms with Crippen molar-refractivity contribution >= 4 is 0 Å². The molecule has 4 rings (SSSR count). The van der Waals surface area contributed by atoms with Crippen LogP contribution in [-0.4, -0.2) is 11.7 Å². The van der Waals surface area contributed by atoms with Gasteiger partial charge in [0.15, 0.2) is 0 Å². The Morgan fingerprint density at radius 1 is 1.17 bits per heavy atom. The molecule has 3 aromatic rings. The van der Waals surface area contributed by atoms with E-state index in [1.54, 1.807) is 23.8 Å². The van der Waals surface area contributed by atoms with E-state index >= 15 is 0 Å². The minimum atomic E-state index is -0.676. The molecular formula is C24H21N3O3. The van der Waals surface area contributed by atoms with Gasteiger partial charge in [-0.3, -0.25) is 4.79 Å². The minimum absolute atomic E-state index is 0.000477. The van der Waals surface area contributed by atoms with Gasteiger partial charge < -0.3 is 19.8 Å². The molecule has 1 aromatic heterocycles. The second-order valence-electron chi connectivity index (χ2n) is 7.11. The fourth-order valence-electron chi connectivity index (χ4n) is 3.86. The Kier molecular flexibility index (Phi) is 5.03. The van der Waals surface area contributed by atoms with E-state index in [4.69, 9.17) is 15.2 Å². The highest BCUT2D eigenvalue weighted by atomic mass is 16.5. The predicted octanol–water partition coefficient (Wildman–Crippen LogP) is 3.43. The normalized spacial score (nSPS) is 15.2. The van der Waals surface area contributed by atoms with Crippen molar-refractivity contribution in [3.05, 3.63) is 105 Å². The van der Waals surface area contributed by atoms with Crippen molar-refractivity contribution in [3.8, 4) is 17.6 Å². The van der Waals surface area contributed by atoms with Gasteiger partial charge in [0.1, 0.15) is 23.1 Å². The largest absolute Gasteiger partial charge is 0.496 e. The molecule has 6 nitrogen and oxygen atoms in total. The summed E-state index contributed by atoms with van der Waals surface area (Å²) >= 11 is 0. The van der Waals surface area contributed by atoms with Crippen LogP contribution in [-0.2, 0) is 6.54 Å². The SMILES string of the molecule is COc1ccccc1[C@@H]1C(C#N)=C(N)Oc2cc(C)n(Cc3ccccc3)c(=O)c21. The molecule has 1 atom stereocenters. The van der Waals surface area contributed by atoms with E-state index in [0.717, 1.165) is 11.3 Å². The van der Waals surface area contributed by atoms with E-state index in [9.17, 15) is 10.1 Å². The number of rotatable bonds is 4. The zero-order valence-electron chi connectivity index (χ0n) is 16.8. The third-order valence-corrected chi connectivity index (χ3v) is 5.32. The first-order valence-electron chi connectivity index (χ1n) is 9.54. The molecule has 1 aliphatic rings. The summed E-state index contributed by atoms with van der Waals surface area (Å²) in [6, 6.07) is 21.0. The highest BCUT2D eigenvalue weighted by Crippen LogP contribution is 2.43. The number of nitrogens with two attached hydrogens (primary N) is 1. The van der Waals surface area contributed by atoms with Crippen LogP contribution in [0.1, 0.15) is 28.3 Å². The number of nitrogens with zero attached hydrogens (tertiary/aromatic N) is 2. The quantitative estimate of drug-likeness (QED) is 0.726. The van der Waals surface area contributed by atoms with Crippen LogP contribution in [0.2, 0.25) is 0 Å². The first kappa shape index (κ1) is 19.3. The molecule has 2 heterocycles. The van der Waals surface area contributed by atoms with Crippen LogP contribution < -0.4 is 20.8 Å². The number of hydrogen-bond acceptors (Lipinski definition) is 5. The first-order chi connectivity index (χ1) is 14.5. The fourth-order valence-corrected chi connectivity index (χ4v) is 3.86. The van der Waals surface area contributed by atoms with Crippen LogP contribution in [0.25, 0.3) is 0 Å². The predicted molar refractivity (Wildman–Crippen MR) is 113 cm³/mol. The second-order valence-corrected chi connectivity index (χ2v) is 7.11. The molecule has 150 valence electrons. The van der Waals surface area contributed by atoms with Gasteiger partial charge in [-0.25, -0.2) is 0 Å². The van der Waals surface area contributed by atoms with E-state index in [1.807, 2.05) is 55.5 Å². The standard InChI is InChI=1S/C24H21N3O3/c1-15-12-20-22(24(28)27(15)14-16-8-4-3-5-9-16)21(18(13-25)23(26)30-20)17-10-6-7-11-19(17)29-2/h3-12,21H,14,26H2,1-2H3/t21-/m1/s1. The molecule has 0 fully saturated rings. The molecule has 0 saturated heterocycles. The topological polar surface area (TPSA) is 90.3 Å². The molecular weight excluding hydrogens is 378 g/mol. The van der Waals surface area contributed by atoms with E-state index in [0.29, 0.717) is 29.2 Å². The molecule has 30 heavy (non-hydrogen) atoms. The van der Waals surface area contributed by atoms with Gasteiger partial charge in [-0.15, -0.1) is 0 Å². The lowest BCUT2D eigenvalue weighted by molar-refractivity contribution is 0.383. The van der Waals surface area contributed by atoms with Crippen molar-refractivity contribution < 1.29 is 9.47 Å². The van der Waals surface area contributed by atoms with Crippen LogP contribution in [0, 0.1) is 18.3 Å². The van der Waals surface area contributed by atoms with Crippen LogP contribution in [0.5, 0.6) is 11.5 Å². The number of methoxy groups -OCH3 is 1. The van der Waals surface area contributed by atoms with Gasteiger partial charge in [-0.2, -0.15) is 5.26 Å². The van der Waals surface area contributed by atoms with Crippen LogP contribution in [0.15, 0.2) is 76.9 Å². The van der Waals surface area contributed by atoms with Crippen molar-refractivity contribution in [1.82, 2.24) is 4.57 Å². The Balaban J connectivity index is 1.96. The number of aromatic nitrogens is 1. The lowest BCUT2D eigenvalue weighted by Gasteiger charge is -2.28. The Morgan fingerprint density at radius 3 is 2.57 bits per heavy atom. The minimum Gasteiger partial charge on any atom is -0.496 e. The summed E-state index contributed by atoms with van der Waals surface area (Å²) in [7, 11) is 1.56. The number of para-hydroxylation sites is 1. The van der Waals surface area contributed by atoms with Crippen LogP contribution >= 0.6 is 0 Å². The van der Waals surface area contributed by atoms with Crippen molar-refractivity contribution in [2.75, 3.05) is 7.11 Å². The molecule has 0 radical (unpaired) electrons. The highest BCUT2D eigenvalue weighted by molar-refractivity contribution is 5.58. The summed E-state index contributed by atoms with van der Waals surface area (Å²) in [5, 5.41) is 9.81. The van der Waals surface area contributed by atoms with Crippen molar-refractivity contribution in [3.63, 3.8) is 0 Å². The highest BCUT2D eigenvalue weighted by Gasteiger charge is 2.35. The molecule has 0 saturated carbocycles. The van der Waals surface area contributed by atoms with Gasteiger partial charge in [0.2, 0.25) is 5.88 Å². The van der Waals surface area contributed by atoms with Gasteiger partial charge in [0.05, 0.1) is 25.1 Å². The Bertz CT molecular complexity index is 1240. The fraction of sp³-hybridized carbons (Fsp3) is 0.167. The monoisotopic (exact) mass is 399 g/mol. The molecule has 0 aliphatic carbocycles. The van der Waals surface area contributed by atoms with Crippen LogP contribution in [0.3, 0.4) is 0 Å². The number of hydrogen-bond donors (Lipinski definition) is 1. The number of allylic oxidation sites excluding steroid dienone is 1. The lowest BCUT2D eigenvalue weighted by Crippen LogP contribution is -2.33. The zero-order valence-corrected chi connectivity index (χ0v) is 16.8. The van der Waals surface area contributed by atoms with E-state index in [2.05, 4.69) is 6.07 Å². The van der Waals surface area contributed by atoms with E-state index < -0.39 is 5.92 Å². The molecule has 0 unspecified atom stereocenters. The molecule has 1 aliphatic heterocycles. The average Bonchev–Trinajstić information content (AvgIpc) is 2.76. The summed E-state index contributed by atoms with van der Waals surface area (Å²) in [5.41, 5.74) is 8.87. The van der Waals surface area contributed by atoms with Crippen LogP contribution in [0.4, 0.5) is 0 Å². The van der Waals surface area contributed by atoms with Gasteiger partial charge >= 0.3 is 0 Å². The van der Waals surface area contributed by atoms with E-state index in [-0.39, 0.29) is 17.0 Å².